The molecule has 0 aliphatic heterocycles. The van der Waals surface area contributed by atoms with Gasteiger partial charge in [-0.25, -0.2) is 0 Å². The predicted octanol–water partition coefficient (Wildman–Crippen LogP) is 5.53. The van der Waals surface area contributed by atoms with Crippen LogP contribution in [-0.2, 0) is 0 Å². The average molecular weight is 353 g/mol. The molecule has 1 unspecified atom stereocenters. The van der Waals surface area contributed by atoms with E-state index in [0.29, 0.717) is 5.92 Å². The van der Waals surface area contributed by atoms with Crippen molar-refractivity contribution in [2.75, 3.05) is 7.05 Å². The van der Waals surface area contributed by atoms with Crippen LogP contribution in [-0.4, -0.2) is 7.05 Å². The summed E-state index contributed by atoms with van der Waals surface area (Å²) in [6, 6.07) is 15.0. The molecule has 0 saturated carbocycles. The van der Waals surface area contributed by atoms with Crippen LogP contribution < -0.4 is 5.32 Å². The summed E-state index contributed by atoms with van der Waals surface area (Å²) in [5.74, 6) is 0.557. The van der Waals surface area contributed by atoms with Gasteiger partial charge in [0.1, 0.15) is 0 Å². The summed E-state index contributed by atoms with van der Waals surface area (Å²) in [7, 11) is 1.98. The van der Waals surface area contributed by atoms with Crippen molar-refractivity contribution in [3.63, 3.8) is 0 Å². The Labute approximate surface area is 134 Å². The molecule has 0 bridgehead atoms. The van der Waals surface area contributed by atoms with Crippen LogP contribution in [0.4, 0.5) is 0 Å². The van der Waals surface area contributed by atoms with E-state index >= 15 is 0 Å². The molecule has 0 amide bonds. The first-order valence-electron chi connectivity index (χ1n) is 6.75. The van der Waals surface area contributed by atoms with Crippen molar-refractivity contribution in [3.05, 3.63) is 68.7 Å². The van der Waals surface area contributed by atoms with Gasteiger partial charge in [-0.2, -0.15) is 0 Å². The Morgan fingerprint density at radius 1 is 0.950 bits per heavy atom. The lowest BCUT2D eigenvalue weighted by atomic mass is 9.95. The molecule has 106 valence electrons. The van der Waals surface area contributed by atoms with Gasteiger partial charge in [0.2, 0.25) is 0 Å². The number of hydrogen-bond acceptors (Lipinski definition) is 1. The zero-order valence-corrected chi connectivity index (χ0v) is 14.3. The number of rotatable bonds is 4. The van der Waals surface area contributed by atoms with E-state index < -0.39 is 0 Å². The fraction of sp³-hybridized carbons (Fsp3) is 0.294. The van der Waals surface area contributed by atoms with E-state index in [1.807, 2.05) is 13.1 Å². The summed E-state index contributed by atoms with van der Waals surface area (Å²) in [6.07, 6.45) is 0. The van der Waals surface area contributed by atoms with Crippen LogP contribution in [0.25, 0.3) is 0 Å². The van der Waals surface area contributed by atoms with Crippen LogP contribution in [0.3, 0.4) is 0 Å². The fourth-order valence-electron chi connectivity index (χ4n) is 2.29. The van der Waals surface area contributed by atoms with E-state index in [1.165, 1.54) is 16.7 Å². The molecule has 3 heteroatoms. The summed E-state index contributed by atoms with van der Waals surface area (Å²) in [6.45, 7) is 4.42. The van der Waals surface area contributed by atoms with Crippen molar-refractivity contribution in [1.29, 1.82) is 0 Å². The molecule has 0 heterocycles. The molecule has 20 heavy (non-hydrogen) atoms. The first kappa shape index (κ1) is 15.6. The highest BCUT2D eigenvalue weighted by molar-refractivity contribution is 9.10. The van der Waals surface area contributed by atoms with E-state index in [0.717, 1.165) is 9.50 Å². The van der Waals surface area contributed by atoms with Gasteiger partial charge in [0.05, 0.1) is 11.1 Å². The molecule has 2 rings (SSSR count). The molecule has 2 aromatic carbocycles. The summed E-state index contributed by atoms with van der Waals surface area (Å²) in [5, 5.41) is 4.10. The van der Waals surface area contributed by atoms with Gasteiger partial charge in [0.15, 0.2) is 0 Å². The zero-order valence-electron chi connectivity index (χ0n) is 12.0. The summed E-state index contributed by atoms with van der Waals surface area (Å²) < 4.78 is 0.927. The molecule has 0 aliphatic carbocycles. The molecule has 0 radical (unpaired) electrons. The summed E-state index contributed by atoms with van der Waals surface area (Å²) in [5.41, 5.74) is 3.81. The van der Waals surface area contributed by atoms with Crippen LogP contribution in [0.1, 0.15) is 42.5 Å². The Kier molecular flexibility index (Phi) is 5.25. The van der Waals surface area contributed by atoms with Crippen molar-refractivity contribution >= 4 is 27.5 Å². The van der Waals surface area contributed by atoms with E-state index in [1.54, 1.807) is 0 Å². The smallest absolute Gasteiger partial charge is 0.0574 e. The highest BCUT2D eigenvalue weighted by Gasteiger charge is 2.13. The topological polar surface area (TPSA) is 12.0 Å². The third-order valence-corrected chi connectivity index (χ3v) is 4.72. The number of nitrogens with one attached hydrogen (secondary N) is 1. The van der Waals surface area contributed by atoms with Crippen LogP contribution in [0.15, 0.2) is 46.9 Å². The SMILES string of the molecule is CNC(c1ccc(C(C)C)cc1)c1ccc(Cl)c(Br)c1. The lowest BCUT2D eigenvalue weighted by Gasteiger charge is -2.18. The molecule has 0 fully saturated rings. The Balaban J connectivity index is 2.33. The van der Waals surface area contributed by atoms with Gasteiger partial charge in [-0.3, -0.25) is 0 Å². The van der Waals surface area contributed by atoms with Gasteiger partial charge >= 0.3 is 0 Å². The summed E-state index contributed by atoms with van der Waals surface area (Å²) in [4.78, 5) is 0. The van der Waals surface area contributed by atoms with Gasteiger partial charge < -0.3 is 5.32 Å². The number of benzene rings is 2. The minimum absolute atomic E-state index is 0.171. The van der Waals surface area contributed by atoms with Crippen LogP contribution in [0.5, 0.6) is 0 Å². The highest BCUT2D eigenvalue weighted by atomic mass is 79.9. The van der Waals surface area contributed by atoms with Crippen molar-refractivity contribution in [2.24, 2.45) is 0 Å². The molecule has 1 N–H and O–H groups in total. The van der Waals surface area contributed by atoms with E-state index in [4.69, 9.17) is 11.6 Å². The van der Waals surface area contributed by atoms with Gasteiger partial charge in [-0.05, 0) is 57.7 Å². The maximum absolute atomic E-state index is 6.06. The second-order valence-electron chi connectivity index (χ2n) is 5.22. The molecule has 0 aromatic heterocycles. The molecular formula is C17H19BrClN. The van der Waals surface area contributed by atoms with Crippen molar-refractivity contribution in [2.45, 2.75) is 25.8 Å². The summed E-state index contributed by atoms with van der Waals surface area (Å²) >= 11 is 9.55. The second kappa shape index (κ2) is 6.75. The van der Waals surface area contributed by atoms with E-state index in [2.05, 4.69) is 71.5 Å². The monoisotopic (exact) mass is 351 g/mol. The molecule has 0 spiro atoms. The molecule has 2 aromatic rings. The number of halogens is 2. The van der Waals surface area contributed by atoms with E-state index in [9.17, 15) is 0 Å². The molecular weight excluding hydrogens is 334 g/mol. The first-order chi connectivity index (χ1) is 9.52. The van der Waals surface area contributed by atoms with Crippen LogP contribution >= 0.6 is 27.5 Å². The fourth-order valence-corrected chi connectivity index (χ4v) is 2.81. The van der Waals surface area contributed by atoms with Gasteiger partial charge in [0, 0.05) is 4.47 Å². The Morgan fingerprint density at radius 3 is 2.00 bits per heavy atom. The minimum Gasteiger partial charge on any atom is -0.309 e. The van der Waals surface area contributed by atoms with Crippen molar-refractivity contribution < 1.29 is 0 Å². The predicted molar refractivity (Wildman–Crippen MR) is 90.6 cm³/mol. The van der Waals surface area contributed by atoms with Crippen molar-refractivity contribution in [1.82, 2.24) is 5.32 Å². The van der Waals surface area contributed by atoms with Gasteiger partial charge in [-0.15, -0.1) is 0 Å². The molecule has 1 atom stereocenters. The quantitative estimate of drug-likeness (QED) is 0.762. The maximum Gasteiger partial charge on any atom is 0.0574 e. The first-order valence-corrected chi connectivity index (χ1v) is 7.92. The zero-order chi connectivity index (χ0) is 14.7. The minimum atomic E-state index is 0.171. The highest BCUT2D eigenvalue weighted by Crippen LogP contribution is 2.29. The third kappa shape index (κ3) is 3.43. The Morgan fingerprint density at radius 2 is 1.50 bits per heavy atom. The third-order valence-electron chi connectivity index (χ3n) is 3.50. The second-order valence-corrected chi connectivity index (χ2v) is 6.48. The maximum atomic E-state index is 6.06. The Bertz CT molecular complexity index is 578. The van der Waals surface area contributed by atoms with E-state index in [-0.39, 0.29) is 6.04 Å². The molecule has 1 nitrogen and oxygen atoms in total. The van der Waals surface area contributed by atoms with Crippen LogP contribution in [0, 0.1) is 0 Å². The Hall–Kier alpha value is -0.830. The molecule has 0 aliphatic rings. The molecule has 0 saturated heterocycles. The lowest BCUT2D eigenvalue weighted by Crippen LogP contribution is -2.17. The van der Waals surface area contributed by atoms with Crippen molar-refractivity contribution in [3.8, 4) is 0 Å². The normalized spacial score (nSPS) is 12.7. The van der Waals surface area contributed by atoms with Gasteiger partial charge in [-0.1, -0.05) is 55.8 Å². The number of hydrogen-bond donors (Lipinski definition) is 1. The van der Waals surface area contributed by atoms with Gasteiger partial charge in [0.25, 0.3) is 0 Å². The lowest BCUT2D eigenvalue weighted by molar-refractivity contribution is 0.690. The van der Waals surface area contributed by atoms with Crippen LogP contribution in [0.2, 0.25) is 5.02 Å². The standard InChI is InChI=1S/C17H19BrClN/c1-11(2)12-4-6-13(7-5-12)17(20-3)14-8-9-16(19)15(18)10-14/h4-11,17,20H,1-3H3. The average Bonchev–Trinajstić information content (AvgIpc) is 2.44. The largest absolute Gasteiger partial charge is 0.309 e.